The van der Waals surface area contributed by atoms with E-state index in [0.29, 0.717) is 12.8 Å². The lowest BCUT2D eigenvalue weighted by Crippen LogP contribution is -1.98. The molecule has 1 aromatic carbocycles. The maximum absolute atomic E-state index is 10.8. The van der Waals surface area contributed by atoms with Crippen LogP contribution in [-0.2, 0) is 9.53 Å². The zero-order valence-electron chi connectivity index (χ0n) is 8.42. The molecule has 0 N–H and O–H groups in total. The fraction of sp³-hybridized carbons (Fsp3) is 0.250. The molecule has 0 aliphatic rings. The second-order valence-electron chi connectivity index (χ2n) is 2.86. The summed E-state index contributed by atoms with van der Waals surface area (Å²) < 4.78 is 5.48. The topological polar surface area (TPSA) is 26.3 Å². The Morgan fingerprint density at radius 3 is 2.87 bits per heavy atom. The second kappa shape index (κ2) is 6.26. The van der Waals surface area contributed by atoms with Crippen LogP contribution in [0.25, 0.3) is 0 Å². The third kappa shape index (κ3) is 4.18. The summed E-state index contributed by atoms with van der Waals surface area (Å²) >= 11 is 3.40. The molecule has 0 aromatic heterocycles. The average Bonchev–Trinajstić information content (AvgIpc) is 2.26. The molecule has 0 bridgehead atoms. The van der Waals surface area contributed by atoms with Crippen LogP contribution in [-0.4, -0.2) is 13.1 Å². The smallest absolute Gasteiger partial charge is 0.306 e. The van der Waals surface area contributed by atoms with E-state index >= 15 is 0 Å². The summed E-state index contributed by atoms with van der Waals surface area (Å²) in [5, 5.41) is 0. The Labute approximate surface area is 97.8 Å². The number of esters is 1. The molecule has 1 rings (SSSR count). The SMILES string of the molecule is COC(=O)CCC#Cc1ccccc1Br. The normalized spacial score (nSPS) is 8.93. The van der Waals surface area contributed by atoms with Crippen LogP contribution in [0.2, 0.25) is 0 Å². The molecule has 2 nitrogen and oxygen atoms in total. The molecule has 3 heteroatoms. The van der Waals surface area contributed by atoms with Crippen molar-refractivity contribution in [1.82, 2.24) is 0 Å². The molecule has 0 heterocycles. The molecule has 0 radical (unpaired) electrons. The minimum absolute atomic E-state index is 0.226. The predicted octanol–water partition coefficient (Wildman–Crippen LogP) is 2.75. The predicted molar refractivity (Wildman–Crippen MR) is 62.3 cm³/mol. The summed E-state index contributed by atoms with van der Waals surface area (Å²) in [5.74, 6) is 5.69. The number of carbonyl (C=O) groups excluding carboxylic acids is 1. The Hall–Kier alpha value is -1.27. The van der Waals surface area contributed by atoms with Crippen LogP contribution in [0.5, 0.6) is 0 Å². The minimum atomic E-state index is -0.226. The molecule has 0 aliphatic heterocycles. The maximum atomic E-state index is 10.8. The van der Waals surface area contributed by atoms with Crippen LogP contribution in [0, 0.1) is 11.8 Å². The fourth-order valence-electron chi connectivity index (χ4n) is 0.987. The molecule has 0 aliphatic carbocycles. The van der Waals surface area contributed by atoms with Crippen LogP contribution >= 0.6 is 15.9 Å². The van der Waals surface area contributed by atoms with E-state index in [0.717, 1.165) is 10.0 Å². The lowest BCUT2D eigenvalue weighted by Gasteiger charge is -1.94. The van der Waals surface area contributed by atoms with Gasteiger partial charge >= 0.3 is 5.97 Å². The van der Waals surface area contributed by atoms with Gasteiger partial charge in [-0.15, -0.1) is 0 Å². The molecule has 0 amide bonds. The van der Waals surface area contributed by atoms with E-state index in [1.807, 2.05) is 24.3 Å². The number of rotatable bonds is 2. The monoisotopic (exact) mass is 266 g/mol. The van der Waals surface area contributed by atoms with Gasteiger partial charge in [0.05, 0.1) is 13.5 Å². The first-order valence-corrected chi connectivity index (χ1v) is 5.33. The quantitative estimate of drug-likeness (QED) is 0.608. The van der Waals surface area contributed by atoms with E-state index in [1.165, 1.54) is 7.11 Å². The molecular formula is C12H11BrO2. The largest absolute Gasteiger partial charge is 0.469 e. The van der Waals surface area contributed by atoms with Crippen molar-refractivity contribution in [1.29, 1.82) is 0 Å². The Morgan fingerprint density at radius 1 is 1.47 bits per heavy atom. The third-order valence-corrected chi connectivity index (χ3v) is 2.47. The molecule has 0 fully saturated rings. The van der Waals surface area contributed by atoms with Crippen molar-refractivity contribution in [3.8, 4) is 11.8 Å². The molecule has 1 aromatic rings. The van der Waals surface area contributed by atoms with Gasteiger partial charge in [0, 0.05) is 16.5 Å². The van der Waals surface area contributed by atoms with E-state index in [-0.39, 0.29) is 5.97 Å². The third-order valence-electron chi connectivity index (χ3n) is 1.78. The molecule has 0 saturated heterocycles. The number of methoxy groups -OCH3 is 1. The van der Waals surface area contributed by atoms with E-state index in [2.05, 4.69) is 32.5 Å². The Morgan fingerprint density at radius 2 is 2.20 bits per heavy atom. The molecule has 78 valence electrons. The van der Waals surface area contributed by atoms with Gasteiger partial charge in [-0.25, -0.2) is 0 Å². The number of halogens is 1. The van der Waals surface area contributed by atoms with Gasteiger partial charge in [-0.05, 0) is 28.1 Å². The second-order valence-corrected chi connectivity index (χ2v) is 3.71. The van der Waals surface area contributed by atoms with Gasteiger partial charge < -0.3 is 4.74 Å². The van der Waals surface area contributed by atoms with Crippen molar-refractivity contribution < 1.29 is 9.53 Å². The first-order valence-electron chi connectivity index (χ1n) is 4.54. The standard InChI is InChI=1S/C12H11BrO2/c1-15-12(14)9-5-3-7-10-6-2-4-8-11(10)13/h2,4,6,8H,5,9H2,1H3. The summed E-state index contributed by atoms with van der Waals surface area (Å²) in [4.78, 5) is 10.8. The van der Waals surface area contributed by atoms with Gasteiger partial charge in [-0.2, -0.15) is 0 Å². The number of ether oxygens (including phenoxy) is 1. The van der Waals surface area contributed by atoms with Crippen molar-refractivity contribution in [3.63, 3.8) is 0 Å². The van der Waals surface area contributed by atoms with Crippen molar-refractivity contribution in [3.05, 3.63) is 34.3 Å². The summed E-state index contributed by atoms with van der Waals surface area (Å²) in [7, 11) is 1.38. The zero-order valence-corrected chi connectivity index (χ0v) is 10.0. The molecule has 0 saturated carbocycles. The maximum Gasteiger partial charge on any atom is 0.306 e. The van der Waals surface area contributed by atoms with E-state index in [4.69, 9.17) is 0 Å². The van der Waals surface area contributed by atoms with E-state index in [9.17, 15) is 4.79 Å². The van der Waals surface area contributed by atoms with E-state index in [1.54, 1.807) is 0 Å². The van der Waals surface area contributed by atoms with Gasteiger partial charge in [-0.1, -0.05) is 24.0 Å². The fourth-order valence-corrected chi connectivity index (χ4v) is 1.37. The Balaban J connectivity index is 2.52. The van der Waals surface area contributed by atoms with Crippen molar-refractivity contribution >= 4 is 21.9 Å². The zero-order chi connectivity index (χ0) is 11.1. The van der Waals surface area contributed by atoms with Crippen molar-refractivity contribution in [2.24, 2.45) is 0 Å². The Kier molecular flexibility index (Phi) is 4.92. The molecular weight excluding hydrogens is 256 g/mol. The highest BCUT2D eigenvalue weighted by Crippen LogP contribution is 2.14. The highest BCUT2D eigenvalue weighted by molar-refractivity contribution is 9.10. The first-order chi connectivity index (χ1) is 7.24. The highest BCUT2D eigenvalue weighted by Gasteiger charge is 1.96. The Bertz CT molecular complexity index is 402. The lowest BCUT2D eigenvalue weighted by molar-refractivity contribution is -0.140. The average molecular weight is 267 g/mol. The molecule has 15 heavy (non-hydrogen) atoms. The van der Waals surface area contributed by atoms with Gasteiger partial charge in [0.1, 0.15) is 0 Å². The lowest BCUT2D eigenvalue weighted by atomic mass is 10.2. The van der Waals surface area contributed by atoms with Gasteiger partial charge in [0.25, 0.3) is 0 Å². The van der Waals surface area contributed by atoms with Crippen LogP contribution in [0.1, 0.15) is 18.4 Å². The number of carbonyl (C=O) groups is 1. The van der Waals surface area contributed by atoms with Gasteiger partial charge in [0.15, 0.2) is 0 Å². The molecule has 0 unspecified atom stereocenters. The van der Waals surface area contributed by atoms with Gasteiger partial charge in [0.2, 0.25) is 0 Å². The van der Waals surface area contributed by atoms with Gasteiger partial charge in [-0.3, -0.25) is 4.79 Å². The number of hydrogen-bond donors (Lipinski definition) is 0. The van der Waals surface area contributed by atoms with Crippen molar-refractivity contribution in [2.45, 2.75) is 12.8 Å². The number of hydrogen-bond acceptors (Lipinski definition) is 2. The highest BCUT2D eigenvalue weighted by atomic mass is 79.9. The summed E-state index contributed by atoms with van der Waals surface area (Å²) in [6.07, 6.45) is 0.863. The number of benzene rings is 1. The van der Waals surface area contributed by atoms with E-state index < -0.39 is 0 Å². The van der Waals surface area contributed by atoms with Crippen molar-refractivity contribution in [2.75, 3.05) is 7.11 Å². The summed E-state index contributed by atoms with van der Waals surface area (Å²) in [6, 6.07) is 7.72. The summed E-state index contributed by atoms with van der Waals surface area (Å²) in [5.41, 5.74) is 0.933. The summed E-state index contributed by atoms with van der Waals surface area (Å²) in [6.45, 7) is 0. The minimum Gasteiger partial charge on any atom is -0.469 e. The van der Waals surface area contributed by atoms with Crippen LogP contribution in [0.3, 0.4) is 0 Å². The molecule has 0 spiro atoms. The first kappa shape index (κ1) is 11.8. The van der Waals surface area contributed by atoms with Crippen LogP contribution in [0.4, 0.5) is 0 Å². The van der Waals surface area contributed by atoms with Crippen LogP contribution < -0.4 is 0 Å². The molecule has 0 atom stereocenters. The van der Waals surface area contributed by atoms with Crippen LogP contribution in [0.15, 0.2) is 28.7 Å².